The Morgan fingerprint density at radius 1 is 1.37 bits per heavy atom. The van der Waals surface area contributed by atoms with E-state index in [0.717, 1.165) is 56.0 Å². The van der Waals surface area contributed by atoms with Gasteiger partial charge in [0.25, 0.3) is 0 Å². The van der Waals surface area contributed by atoms with Crippen LogP contribution in [0.3, 0.4) is 0 Å². The summed E-state index contributed by atoms with van der Waals surface area (Å²) in [6.45, 7) is 7.23. The predicted octanol–water partition coefficient (Wildman–Crippen LogP) is 3.34. The molecule has 1 fully saturated rings. The first-order valence-corrected chi connectivity index (χ1v) is 7.92. The number of carboxylic acids is 1. The van der Waals surface area contributed by atoms with Crippen molar-refractivity contribution < 1.29 is 9.90 Å². The van der Waals surface area contributed by atoms with Gasteiger partial charge < -0.3 is 5.11 Å². The van der Waals surface area contributed by atoms with Gasteiger partial charge in [-0.3, -0.25) is 4.90 Å². The van der Waals surface area contributed by atoms with E-state index in [1.54, 1.807) is 0 Å². The first-order chi connectivity index (χ1) is 9.15. The highest BCUT2D eigenvalue weighted by Crippen LogP contribution is 2.42. The summed E-state index contributed by atoms with van der Waals surface area (Å²) in [5.74, 6) is -0.412. The molecule has 2 rings (SSSR count). The largest absolute Gasteiger partial charge is 0.477 e. The van der Waals surface area contributed by atoms with Crippen molar-refractivity contribution in [2.24, 2.45) is 0 Å². The van der Waals surface area contributed by atoms with Gasteiger partial charge >= 0.3 is 5.97 Å². The van der Waals surface area contributed by atoms with Crippen LogP contribution in [-0.4, -0.2) is 34.0 Å². The Bertz CT molecular complexity index is 435. The van der Waals surface area contributed by atoms with Crippen molar-refractivity contribution in [2.45, 2.75) is 52.0 Å². The second kappa shape index (κ2) is 6.48. The van der Waals surface area contributed by atoms with Crippen LogP contribution in [0.5, 0.6) is 0 Å². The SMILES string of the molecule is CCCN(CCC)Cc1nc(C2CC2)c(C(=O)O)s1. The molecule has 0 aliphatic heterocycles. The van der Waals surface area contributed by atoms with Gasteiger partial charge in [-0.15, -0.1) is 11.3 Å². The molecule has 1 aromatic heterocycles. The van der Waals surface area contributed by atoms with E-state index in [-0.39, 0.29) is 0 Å². The van der Waals surface area contributed by atoms with Gasteiger partial charge in [-0.05, 0) is 38.8 Å². The van der Waals surface area contributed by atoms with E-state index >= 15 is 0 Å². The molecule has 0 atom stereocenters. The average molecular weight is 282 g/mol. The summed E-state index contributed by atoms with van der Waals surface area (Å²) >= 11 is 1.36. The molecule has 1 aliphatic carbocycles. The van der Waals surface area contributed by atoms with Crippen molar-refractivity contribution in [1.82, 2.24) is 9.88 Å². The number of carbonyl (C=O) groups is 1. The lowest BCUT2D eigenvalue weighted by molar-refractivity contribution is 0.0700. The van der Waals surface area contributed by atoms with Gasteiger partial charge in [-0.25, -0.2) is 9.78 Å². The maximum Gasteiger partial charge on any atom is 0.347 e. The van der Waals surface area contributed by atoms with Gasteiger partial charge in [0.15, 0.2) is 0 Å². The van der Waals surface area contributed by atoms with E-state index in [4.69, 9.17) is 0 Å². The maximum absolute atomic E-state index is 11.3. The van der Waals surface area contributed by atoms with Crippen LogP contribution < -0.4 is 0 Å². The third-order valence-electron chi connectivity index (χ3n) is 3.29. The first-order valence-electron chi connectivity index (χ1n) is 7.10. The zero-order valence-corrected chi connectivity index (χ0v) is 12.5. The summed E-state index contributed by atoms with van der Waals surface area (Å²) in [7, 11) is 0. The molecule has 0 saturated heterocycles. The second-order valence-corrected chi connectivity index (χ2v) is 6.26. The number of carboxylic acid groups (broad SMARTS) is 1. The topological polar surface area (TPSA) is 53.4 Å². The Morgan fingerprint density at radius 3 is 2.47 bits per heavy atom. The van der Waals surface area contributed by atoms with Crippen LogP contribution in [0.1, 0.15) is 65.8 Å². The van der Waals surface area contributed by atoms with E-state index in [2.05, 4.69) is 23.7 Å². The van der Waals surface area contributed by atoms with Crippen LogP contribution in [0.15, 0.2) is 0 Å². The zero-order chi connectivity index (χ0) is 13.8. The fourth-order valence-electron chi connectivity index (χ4n) is 2.33. The molecule has 0 aromatic carbocycles. The average Bonchev–Trinajstić information content (AvgIpc) is 3.11. The lowest BCUT2D eigenvalue weighted by Crippen LogP contribution is -2.24. The second-order valence-electron chi connectivity index (χ2n) is 5.18. The van der Waals surface area contributed by atoms with Crippen LogP contribution >= 0.6 is 11.3 Å². The van der Waals surface area contributed by atoms with Gasteiger partial charge in [0.1, 0.15) is 9.88 Å². The molecular weight excluding hydrogens is 260 g/mol. The van der Waals surface area contributed by atoms with Gasteiger partial charge in [0.2, 0.25) is 0 Å². The quantitative estimate of drug-likeness (QED) is 0.794. The smallest absolute Gasteiger partial charge is 0.347 e. The van der Waals surface area contributed by atoms with Gasteiger partial charge in [-0.2, -0.15) is 0 Å². The van der Waals surface area contributed by atoms with Crippen LogP contribution in [-0.2, 0) is 6.54 Å². The normalized spacial score (nSPS) is 15.1. The van der Waals surface area contributed by atoms with Crippen molar-refractivity contribution in [3.8, 4) is 0 Å². The molecule has 1 aliphatic rings. The van der Waals surface area contributed by atoms with Crippen LogP contribution in [0.25, 0.3) is 0 Å². The number of nitrogens with zero attached hydrogens (tertiary/aromatic N) is 2. The molecule has 4 nitrogen and oxygen atoms in total. The number of thiazole rings is 1. The minimum Gasteiger partial charge on any atom is -0.477 e. The molecule has 1 aromatic rings. The third kappa shape index (κ3) is 3.76. The summed E-state index contributed by atoms with van der Waals surface area (Å²) < 4.78 is 0. The van der Waals surface area contributed by atoms with E-state index < -0.39 is 5.97 Å². The molecule has 0 amide bonds. The monoisotopic (exact) mass is 282 g/mol. The standard InChI is InChI=1S/C14H22N2O2S/c1-3-7-16(8-4-2)9-11-15-12(10-5-6-10)13(19-11)14(17)18/h10H,3-9H2,1-2H3,(H,17,18). The maximum atomic E-state index is 11.3. The Hall–Kier alpha value is -0.940. The molecule has 0 bridgehead atoms. The number of hydrogen-bond donors (Lipinski definition) is 1. The van der Waals surface area contributed by atoms with Crippen LogP contribution in [0.4, 0.5) is 0 Å². The molecule has 0 spiro atoms. The van der Waals surface area contributed by atoms with Gasteiger partial charge in [-0.1, -0.05) is 13.8 Å². The Kier molecular flexibility index (Phi) is 4.93. The zero-order valence-electron chi connectivity index (χ0n) is 11.7. The fourth-order valence-corrected chi connectivity index (χ4v) is 3.36. The van der Waals surface area contributed by atoms with Crippen LogP contribution in [0.2, 0.25) is 0 Å². The molecule has 1 N–H and O–H groups in total. The molecule has 19 heavy (non-hydrogen) atoms. The number of rotatable bonds is 8. The molecule has 1 heterocycles. The van der Waals surface area contributed by atoms with Crippen molar-refractivity contribution >= 4 is 17.3 Å². The lowest BCUT2D eigenvalue weighted by Gasteiger charge is -2.19. The van der Waals surface area contributed by atoms with Crippen molar-refractivity contribution in [1.29, 1.82) is 0 Å². The van der Waals surface area contributed by atoms with E-state index in [1.807, 2.05) is 0 Å². The highest BCUT2D eigenvalue weighted by molar-refractivity contribution is 7.13. The van der Waals surface area contributed by atoms with E-state index in [1.165, 1.54) is 11.3 Å². The molecule has 106 valence electrons. The molecule has 1 saturated carbocycles. The molecule has 0 radical (unpaired) electrons. The van der Waals surface area contributed by atoms with E-state index in [0.29, 0.717) is 10.8 Å². The van der Waals surface area contributed by atoms with Gasteiger partial charge in [0.05, 0.1) is 12.2 Å². The molecule has 5 heteroatoms. The Labute approximate surface area is 118 Å². The summed E-state index contributed by atoms with van der Waals surface area (Å²) in [4.78, 5) is 18.7. The highest BCUT2D eigenvalue weighted by Gasteiger charge is 2.32. The van der Waals surface area contributed by atoms with Crippen molar-refractivity contribution in [3.05, 3.63) is 15.6 Å². The van der Waals surface area contributed by atoms with Gasteiger partial charge in [0, 0.05) is 5.92 Å². The predicted molar refractivity (Wildman–Crippen MR) is 76.9 cm³/mol. The minimum atomic E-state index is -0.816. The number of aromatic nitrogens is 1. The van der Waals surface area contributed by atoms with Crippen LogP contribution in [0, 0.1) is 0 Å². The minimum absolute atomic E-state index is 0.405. The van der Waals surface area contributed by atoms with Crippen molar-refractivity contribution in [2.75, 3.05) is 13.1 Å². The van der Waals surface area contributed by atoms with E-state index in [9.17, 15) is 9.90 Å². The first kappa shape index (κ1) is 14.5. The molecule has 0 unspecified atom stereocenters. The summed E-state index contributed by atoms with van der Waals surface area (Å²) in [6, 6.07) is 0. The fraction of sp³-hybridized carbons (Fsp3) is 0.714. The highest BCUT2D eigenvalue weighted by atomic mass is 32.1. The number of hydrogen-bond acceptors (Lipinski definition) is 4. The lowest BCUT2D eigenvalue weighted by atomic mass is 10.2. The summed E-state index contributed by atoms with van der Waals surface area (Å²) in [5.41, 5.74) is 0.834. The summed E-state index contributed by atoms with van der Waals surface area (Å²) in [5, 5.41) is 10.2. The van der Waals surface area contributed by atoms with Crippen molar-refractivity contribution in [3.63, 3.8) is 0 Å². The Balaban J connectivity index is 2.10. The Morgan fingerprint density at radius 2 is 2.00 bits per heavy atom. The third-order valence-corrected chi connectivity index (χ3v) is 4.34. The summed E-state index contributed by atoms with van der Waals surface area (Å²) in [6.07, 6.45) is 4.42. The molecular formula is C14H22N2O2S. The number of aromatic carboxylic acids is 1.